The molecule has 0 aliphatic rings. The summed E-state index contributed by atoms with van der Waals surface area (Å²) in [5.74, 6) is 5.21. The van der Waals surface area contributed by atoms with Crippen LogP contribution in [0.15, 0.2) is 42.5 Å². The fraction of sp³-hybridized carbons (Fsp3) is 0.238. The van der Waals surface area contributed by atoms with Crippen LogP contribution in [0, 0.1) is 11.8 Å². The van der Waals surface area contributed by atoms with Gasteiger partial charge in [0.15, 0.2) is 5.78 Å². The lowest BCUT2D eigenvalue weighted by molar-refractivity contribution is -0.137. The van der Waals surface area contributed by atoms with E-state index in [0.717, 1.165) is 12.1 Å². The summed E-state index contributed by atoms with van der Waals surface area (Å²) in [7, 11) is 1.46. The number of hydrogen-bond donors (Lipinski definition) is 1. The van der Waals surface area contributed by atoms with Gasteiger partial charge in [-0.1, -0.05) is 17.9 Å². The maximum atomic E-state index is 12.7. The standard InChI is InChI=1S/C21H18F3NO3/c1-14(26)16-8-9-19(28-2)17(12-16)13-20(27)25-10-4-6-15-5-3-7-18(11-15)21(22,23)24/h3,5,7-9,11-12H,10,13H2,1-2H3,(H,25,27). The molecule has 2 aromatic rings. The molecule has 0 radical (unpaired) electrons. The van der Waals surface area contributed by atoms with Gasteiger partial charge in [0.1, 0.15) is 5.75 Å². The normalized spacial score (nSPS) is 10.6. The number of carbonyl (C=O) groups excluding carboxylic acids is 2. The van der Waals surface area contributed by atoms with E-state index < -0.39 is 11.7 Å². The van der Waals surface area contributed by atoms with Crippen molar-refractivity contribution in [1.29, 1.82) is 0 Å². The smallest absolute Gasteiger partial charge is 0.416 e. The van der Waals surface area contributed by atoms with Crippen molar-refractivity contribution in [3.8, 4) is 17.6 Å². The van der Waals surface area contributed by atoms with Gasteiger partial charge in [0, 0.05) is 16.7 Å². The van der Waals surface area contributed by atoms with Crippen LogP contribution >= 0.6 is 0 Å². The second-order valence-electron chi connectivity index (χ2n) is 5.92. The third-order valence-corrected chi connectivity index (χ3v) is 3.83. The van der Waals surface area contributed by atoms with Crippen LogP contribution in [-0.2, 0) is 17.4 Å². The third-order valence-electron chi connectivity index (χ3n) is 3.83. The molecule has 1 amide bonds. The minimum atomic E-state index is -4.43. The highest BCUT2D eigenvalue weighted by atomic mass is 19.4. The Labute approximate surface area is 160 Å². The van der Waals surface area contributed by atoms with E-state index in [2.05, 4.69) is 17.2 Å². The van der Waals surface area contributed by atoms with Crippen LogP contribution < -0.4 is 10.1 Å². The predicted molar refractivity (Wildman–Crippen MR) is 98.0 cm³/mol. The van der Waals surface area contributed by atoms with Crippen LogP contribution in [0.3, 0.4) is 0 Å². The molecule has 0 saturated heterocycles. The molecule has 0 aliphatic carbocycles. The van der Waals surface area contributed by atoms with Crippen molar-refractivity contribution < 1.29 is 27.5 Å². The lowest BCUT2D eigenvalue weighted by Crippen LogP contribution is -2.25. The van der Waals surface area contributed by atoms with E-state index in [1.807, 2.05) is 0 Å². The van der Waals surface area contributed by atoms with Crippen molar-refractivity contribution >= 4 is 11.7 Å². The zero-order chi connectivity index (χ0) is 20.7. The predicted octanol–water partition coefficient (Wildman–Crippen LogP) is 3.63. The summed E-state index contributed by atoms with van der Waals surface area (Å²) in [5, 5.41) is 2.57. The highest BCUT2D eigenvalue weighted by Gasteiger charge is 2.30. The summed E-state index contributed by atoms with van der Waals surface area (Å²) >= 11 is 0. The molecule has 1 N–H and O–H groups in total. The Hall–Kier alpha value is -3.27. The van der Waals surface area contributed by atoms with Gasteiger partial charge in [-0.05, 0) is 43.3 Å². The van der Waals surface area contributed by atoms with E-state index in [1.54, 1.807) is 18.2 Å². The number of methoxy groups -OCH3 is 1. The number of alkyl halides is 3. The highest BCUT2D eigenvalue weighted by Crippen LogP contribution is 2.29. The molecule has 0 bridgehead atoms. The summed E-state index contributed by atoms with van der Waals surface area (Å²) in [6, 6.07) is 9.48. The van der Waals surface area contributed by atoms with E-state index >= 15 is 0 Å². The Bertz CT molecular complexity index is 940. The van der Waals surface area contributed by atoms with E-state index in [4.69, 9.17) is 4.74 Å². The van der Waals surface area contributed by atoms with E-state index in [-0.39, 0.29) is 30.2 Å². The Kier molecular flexibility index (Phi) is 6.83. The Balaban J connectivity index is 1.99. The fourth-order valence-corrected chi connectivity index (χ4v) is 2.43. The van der Waals surface area contributed by atoms with Crippen LogP contribution in [0.25, 0.3) is 0 Å². The molecule has 0 atom stereocenters. The van der Waals surface area contributed by atoms with Gasteiger partial charge in [-0.15, -0.1) is 0 Å². The number of hydrogen-bond acceptors (Lipinski definition) is 3. The number of ether oxygens (including phenoxy) is 1. The van der Waals surface area contributed by atoms with Crippen LogP contribution in [-0.4, -0.2) is 25.3 Å². The van der Waals surface area contributed by atoms with Crippen molar-refractivity contribution in [2.45, 2.75) is 19.5 Å². The van der Waals surface area contributed by atoms with Gasteiger partial charge >= 0.3 is 6.18 Å². The molecule has 0 aliphatic heterocycles. The number of nitrogens with one attached hydrogen (secondary N) is 1. The molecule has 0 unspecified atom stereocenters. The molecule has 0 aromatic heterocycles. The molecule has 7 heteroatoms. The van der Waals surface area contributed by atoms with Crippen LogP contribution in [0.1, 0.15) is 34.0 Å². The molecule has 146 valence electrons. The SMILES string of the molecule is COc1ccc(C(C)=O)cc1CC(=O)NCC#Cc1cccc(C(F)(F)F)c1. The number of halogens is 3. The zero-order valence-electron chi connectivity index (χ0n) is 15.3. The summed E-state index contributed by atoms with van der Waals surface area (Å²) in [5.41, 5.74) is 0.451. The van der Waals surface area contributed by atoms with Gasteiger partial charge < -0.3 is 10.1 Å². The molecule has 2 aromatic carbocycles. The fourth-order valence-electron chi connectivity index (χ4n) is 2.43. The Morgan fingerprint density at radius 2 is 1.89 bits per heavy atom. The van der Waals surface area contributed by atoms with Gasteiger partial charge in [0.2, 0.25) is 5.91 Å². The summed E-state index contributed by atoms with van der Waals surface area (Å²) in [4.78, 5) is 23.6. The van der Waals surface area contributed by atoms with Crippen LogP contribution in [0.4, 0.5) is 13.2 Å². The van der Waals surface area contributed by atoms with Crippen molar-refractivity contribution in [3.05, 3.63) is 64.7 Å². The van der Waals surface area contributed by atoms with Crippen molar-refractivity contribution in [3.63, 3.8) is 0 Å². The minimum Gasteiger partial charge on any atom is -0.496 e. The first kappa shape index (κ1) is 21.0. The first-order chi connectivity index (χ1) is 13.2. The molecule has 0 fully saturated rings. The number of benzene rings is 2. The third kappa shape index (κ3) is 5.88. The maximum Gasteiger partial charge on any atom is 0.416 e. The average Bonchev–Trinajstić information content (AvgIpc) is 2.64. The van der Waals surface area contributed by atoms with E-state index in [1.165, 1.54) is 26.2 Å². The maximum absolute atomic E-state index is 12.7. The number of carbonyl (C=O) groups is 2. The van der Waals surface area contributed by atoms with Gasteiger partial charge in [-0.25, -0.2) is 0 Å². The topological polar surface area (TPSA) is 55.4 Å². The highest BCUT2D eigenvalue weighted by molar-refractivity contribution is 5.94. The Morgan fingerprint density at radius 3 is 2.54 bits per heavy atom. The number of amides is 1. The first-order valence-electron chi connectivity index (χ1n) is 8.31. The summed E-state index contributed by atoms with van der Waals surface area (Å²) in [6.45, 7) is 1.40. The average molecular weight is 389 g/mol. The molecule has 0 saturated carbocycles. The molecule has 0 heterocycles. The lowest BCUT2D eigenvalue weighted by atomic mass is 10.0. The van der Waals surface area contributed by atoms with Crippen molar-refractivity contribution in [2.75, 3.05) is 13.7 Å². The van der Waals surface area contributed by atoms with Gasteiger partial charge in [-0.2, -0.15) is 13.2 Å². The number of ketones is 1. The molecule has 28 heavy (non-hydrogen) atoms. The van der Waals surface area contributed by atoms with Gasteiger partial charge in [-0.3, -0.25) is 9.59 Å². The van der Waals surface area contributed by atoms with E-state index in [0.29, 0.717) is 16.9 Å². The zero-order valence-corrected chi connectivity index (χ0v) is 15.3. The molecule has 2 rings (SSSR count). The minimum absolute atomic E-state index is 0.0183. The molecule has 4 nitrogen and oxygen atoms in total. The van der Waals surface area contributed by atoms with Gasteiger partial charge in [0.05, 0.1) is 25.6 Å². The van der Waals surface area contributed by atoms with Gasteiger partial charge in [0.25, 0.3) is 0 Å². The first-order valence-corrected chi connectivity index (χ1v) is 8.31. The lowest BCUT2D eigenvalue weighted by Gasteiger charge is -2.09. The monoisotopic (exact) mass is 389 g/mol. The number of rotatable bonds is 5. The second kappa shape index (κ2) is 9.09. The van der Waals surface area contributed by atoms with Crippen molar-refractivity contribution in [1.82, 2.24) is 5.32 Å². The van der Waals surface area contributed by atoms with E-state index in [9.17, 15) is 22.8 Å². The molecule has 0 spiro atoms. The summed E-state index contributed by atoms with van der Waals surface area (Å²) in [6.07, 6.45) is -4.45. The summed E-state index contributed by atoms with van der Waals surface area (Å²) < 4.78 is 43.2. The quantitative estimate of drug-likeness (QED) is 0.628. The second-order valence-corrected chi connectivity index (χ2v) is 5.92. The van der Waals surface area contributed by atoms with Crippen LogP contribution in [0.2, 0.25) is 0 Å². The molecular weight excluding hydrogens is 371 g/mol. The largest absolute Gasteiger partial charge is 0.496 e. The Morgan fingerprint density at radius 1 is 1.14 bits per heavy atom. The molecular formula is C21H18F3NO3. The van der Waals surface area contributed by atoms with Crippen LogP contribution in [0.5, 0.6) is 5.75 Å². The van der Waals surface area contributed by atoms with Crippen molar-refractivity contribution in [2.24, 2.45) is 0 Å². The number of Topliss-reactive ketones (excluding diaryl/α,β-unsaturated/α-hetero) is 1.